The van der Waals surface area contributed by atoms with Gasteiger partial charge in [0, 0.05) is 24.9 Å². The van der Waals surface area contributed by atoms with Gasteiger partial charge in [-0.05, 0) is 24.0 Å². The summed E-state index contributed by atoms with van der Waals surface area (Å²) in [6.07, 6.45) is 0.688. The van der Waals surface area contributed by atoms with Gasteiger partial charge in [0.1, 0.15) is 11.5 Å². The van der Waals surface area contributed by atoms with Gasteiger partial charge in [-0.3, -0.25) is 4.79 Å². The highest BCUT2D eigenvalue weighted by atomic mass is 32.1. The number of aliphatic hydroxyl groups excluding tert-OH is 1. The van der Waals surface area contributed by atoms with Crippen LogP contribution in [0, 0.1) is 11.7 Å². The number of likely N-dealkylation sites (tertiary alicyclic amines) is 1. The number of thiazole rings is 1. The van der Waals surface area contributed by atoms with Crippen LogP contribution in [-0.4, -0.2) is 40.1 Å². The summed E-state index contributed by atoms with van der Waals surface area (Å²) >= 11 is 1.36. The molecule has 0 aliphatic carbocycles. The number of hydrogen-bond donors (Lipinski definition) is 1. The predicted molar refractivity (Wildman–Crippen MR) is 87.0 cm³/mol. The van der Waals surface area contributed by atoms with E-state index in [2.05, 4.69) is 4.98 Å². The number of β-amino-alcohol motifs (C(OH)–C–C–N with tert-alkyl or cyclic N) is 1. The van der Waals surface area contributed by atoms with Gasteiger partial charge in [-0.2, -0.15) is 0 Å². The number of aliphatic hydroxyl groups is 1. The summed E-state index contributed by atoms with van der Waals surface area (Å²) in [4.78, 5) is 18.5. The van der Waals surface area contributed by atoms with Gasteiger partial charge in [0.25, 0.3) is 5.91 Å². The molecule has 0 saturated carbocycles. The number of benzene rings is 1. The quantitative estimate of drug-likeness (QED) is 0.939. The van der Waals surface area contributed by atoms with E-state index in [0.717, 1.165) is 6.42 Å². The van der Waals surface area contributed by atoms with Crippen molar-refractivity contribution in [2.75, 3.05) is 13.1 Å². The highest BCUT2D eigenvalue weighted by Crippen LogP contribution is 2.21. The van der Waals surface area contributed by atoms with Gasteiger partial charge in [-0.25, -0.2) is 9.37 Å². The SMILES string of the molecule is CC1CCN(C(=O)c2csc(Cc3ccccc3F)n2)CC1O. The third kappa shape index (κ3) is 3.59. The first kappa shape index (κ1) is 16.1. The number of carbonyl (C=O) groups is 1. The molecule has 1 aliphatic rings. The molecule has 0 spiro atoms. The van der Waals surface area contributed by atoms with Crippen LogP contribution in [0.3, 0.4) is 0 Å². The van der Waals surface area contributed by atoms with Gasteiger partial charge in [-0.1, -0.05) is 25.1 Å². The first-order chi connectivity index (χ1) is 11.0. The molecule has 122 valence electrons. The third-order valence-electron chi connectivity index (χ3n) is 4.28. The normalized spacial score (nSPS) is 21.4. The number of nitrogens with zero attached hydrogens (tertiary/aromatic N) is 2. The maximum Gasteiger partial charge on any atom is 0.273 e. The molecule has 2 unspecified atom stereocenters. The van der Waals surface area contributed by atoms with Crippen LogP contribution in [0.4, 0.5) is 4.39 Å². The lowest BCUT2D eigenvalue weighted by atomic mass is 9.96. The number of hydrogen-bond acceptors (Lipinski definition) is 4. The topological polar surface area (TPSA) is 53.4 Å². The monoisotopic (exact) mass is 334 g/mol. The maximum atomic E-state index is 13.7. The molecular formula is C17H19FN2O2S. The van der Waals surface area contributed by atoms with Crippen LogP contribution in [0.25, 0.3) is 0 Å². The average Bonchev–Trinajstić information content (AvgIpc) is 3.00. The second kappa shape index (κ2) is 6.76. The molecule has 1 N–H and O–H groups in total. The van der Waals surface area contributed by atoms with Crippen LogP contribution in [0.2, 0.25) is 0 Å². The second-order valence-electron chi connectivity index (χ2n) is 5.98. The number of rotatable bonds is 3. The molecule has 23 heavy (non-hydrogen) atoms. The van der Waals surface area contributed by atoms with E-state index in [0.29, 0.717) is 35.8 Å². The van der Waals surface area contributed by atoms with Crippen LogP contribution < -0.4 is 0 Å². The minimum atomic E-state index is -0.482. The first-order valence-electron chi connectivity index (χ1n) is 7.69. The molecule has 2 atom stereocenters. The smallest absolute Gasteiger partial charge is 0.273 e. The zero-order valence-electron chi connectivity index (χ0n) is 12.9. The molecule has 2 heterocycles. The Bertz CT molecular complexity index is 703. The Labute approximate surface area is 138 Å². The summed E-state index contributed by atoms with van der Waals surface area (Å²) in [6.45, 7) is 2.97. The molecule has 1 aromatic heterocycles. The first-order valence-corrected chi connectivity index (χ1v) is 8.57. The Kier molecular flexibility index (Phi) is 4.73. The number of piperidine rings is 1. The van der Waals surface area contributed by atoms with Crippen LogP contribution in [-0.2, 0) is 6.42 Å². The van der Waals surface area contributed by atoms with Crippen molar-refractivity contribution < 1.29 is 14.3 Å². The van der Waals surface area contributed by atoms with Crippen molar-refractivity contribution >= 4 is 17.2 Å². The Hall–Kier alpha value is -1.79. The number of amides is 1. The molecule has 1 fully saturated rings. The average molecular weight is 334 g/mol. The van der Waals surface area contributed by atoms with Crippen LogP contribution in [0.15, 0.2) is 29.6 Å². The lowest BCUT2D eigenvalue weighted by molar-refractivity contribution is 0.0245. The van der Waals surface area contributed by atoms with E-state index in [1.807, 2.05) is 6.92 Å². The fourth-order valence-corrected chi connectivity index (χ4v) is 3.48. The standard InChI is InChI=1S/C17H19FN2O2S/c1-11-6-7-20(9-15(11)21)17(22)14-10-23-16(19-14)8-12-4-2-3-5-13(12)18/h2-5,10-11,15,21H,6-9H2,1H3. The van der Waals surface area contributed by atoms with E-state index in [1.165, 1.54) is 17.4 Å². The number of aromatic nitrogens is 1. The molecule has 0 radical (unpaired) electrons. The van der Waals surface area contributed by atoms with Crippen molar-refractivity contribution in [3.8, 4) is 0 Å². The van der Waals surface area contributed by atoms with Crippen molar-refractivity contribution in [1.82, 2.24) is 9.88 Å². The van der Waals surface area contributed by atoms with Crippen molar-refractivity contribution in [2.45, 2.75) is 25.9 Å². The molecule has 2 aromatic rings. The zero-order valence-corrected chi connectivity index (χ0v) is 13.7. The summed E-state index contributed by atoms with van der Waals surface area (Å²) in [7, 11) is 0. The highest BCUT2D eigenvalue weighted by Gasteiger charge is 2.28. The van der Waals surface area contributed by atoms with Crippen molar-refractivity contribution in [3.63, 3.8) is 0 Å². The molecule has 1 aromatic carbocycles. The van der Waals surface area contributed by atoms with Gasteiger partial charge in [0.15, 0.2) is 0 Å². The molecule has 1 amide bonds. The minimum Gasteiger partial charge on any atom is -0.391 e. The number of halogens is 1. The maximum absolute atomic E-state index is 13.7. The van der Waals surface area contributed by atoms with Crippen LogP contribution in [0.1, 0.15) is 34.4 Å². The van der Waals surface area contributed by atoms with Gasteiger partial charge < -0.3 is 10.0 Å². The minimum absolute atomic E-state index is 0.160. The fraction of sp³-hybridized carbons (Fsp3) is 0.412. The Balaban J connectivity index is 1.69. The van der Waals surface area contributed by atoms with E-state index >= 15 is 0 Å². The van der Waals surface area contributed by atoms with Gasteiger partial charge >= 0.3 is 0 Å². The molecule has 1 aliphatic heterocycles. The molecule has 0 bridgehead atoms. The van der Waals surface area contributed by atoms with Gasteiger partial charge in [-0.15, -0.1) is 11.3 Å². The molecule has 1 saturated heterocycles. The fourth-order valence-electron chi connectivity index (χ4n) is 2.69. The molecule has 4 nitrogen and oxygen atoms in total. The van der Waals surface area contributed by atoms with Crippen molar-refractivity contribution in [3.05, 3.63) is 51.7 Å². The largest absolute Gasteiger partial charge is 0.391 e. The van der Waals surface area contributed by atoms with E-state index in [4.69, 9.17) is 0 Å². The summed E-state index contributed by atoms with van der Waals surface area (Å²) < 4.78 is 13.7. The summed E-state index contributed by atoms with van der Waals surface area (Å²) in [5, 5.41) is 12.3. The van der Waals surface area contributed by atoms with Crippen LogP contribution in [0.5, 0.6) is 0 Å². The lowest BCUT2D eigenvalue weighted by Crippen LogP contribution is -2.45. The summed E-state index contributed by atoms with van der Waals surface area (Å²) in [5.74, 6) is -0.207. The van der Waals surface area contributed by atoms with Crippen molar-refractivity contribution in [1.29, 1.82) is 0 Å². The summed E-state index contributed by atoms with van der Waals surface area (Å²) in [6, 6.07) is 6.58. The van der Waals surface area contributed by atoms with E-state index in [1.54, 1.807) is 28.5 Å². The van der Waals surface area contributed by atoms with Crippen molar-refractivity contribution in [2.24, 2.45) is 5.92 Å². The van der Waals surface area contributed by atoms with Crippen LogP contribution >= 0.6 is 11.3 Å². The third-order valence-corrected chi connectivity index (χ3v) is 5.13. The lowest BCUT2D eigenvalue weighted by Gasteiger charge is -2.33. The Morgan fingerprint density at radius 2 is 2.26 bits per heavy atom. The predicted octanol–water partition coefficient (Wildman–Crippen LogP) is 2.72. The van der Waals surface area contributed by atoms with Gasteiger partial charge in [0.2, 0.25) is 0 Å². The summed E-state index contributed by atoms with van der Waals surface area (Å²) in [5.41, 5.74) is 0.950. The van der Waals surface area contributed by atoms with Gasteiger partial charge in [0.05, 0.1) is 11.1 Å². The molecular weight excluding hydrogens is 315 g/mol. The second-order valence-corrected chi connectivity index (χ2v) is 6.92. The van der Waals surface area contributed by atoms with E-state index in [9.17, 15) is 14.3 Å². The molecule has 6 heteroatoms. The number of carbonyl (C=O) groups excluding carboxylic acids is 1. The Morgan fingerprint density at radius 1 is 1.48 bits per heavy atom. The molecule has 3 rings (SSSR count). The van der Waals surface area contributed by atoms with E-state index in [-0.39, 0.29) is 17.6 Å². The zero-order chi connectivity index (χ0) is 16.4. The Morgan fingerprint density at radius 3 is 3.00 bits per heavy atom. The highest BCUT2D eigenvalue weighted by molar-refractivity contribution is 7.09. The van der Waals surface area contributed by atoms with E-state index < -0.39 is 6.10 Å².